The Morgan fingerprint density at radius 1 is 1.00 bits per heavy atom. The van der Waals surface area contributed by atoms with Gasteiger partial charge in [-0.05, 0) is 50.6 Å². The third-order valence-electron chi connectivity index (χ3n) is 4.45. The van der Waals surface area contributed by atoms with E-state index in [4.69, 9.17) is 0 Å². The summed E-state index contributed by atoms with van der Waals surface area (Å²) in [6.45, 7) is 5.51. The van der Waals surface area contributed by atoms with Crippen molar-refractivity contribution >= 4 is 15.7 Å². The molecule has 1 aromatic carbocycles. The fraction of sp³-hybridized carbons (Fsp3) is 0.238. The van der Waals surface area contributed by atoms with Crippen molar-refractivity contribution in [2.75, 3.05) is 6.26 Å². The van der Waals surface area contributed by atoms with Gasteiger partial charge < -0.3 is 5.32 Å². The summed E-state index contributed by atoms with van der Waals surface area (Å²) in [4.78, 5) is 25.5. The fourth-order valence-electron chi connectivity index (χ4n) is 2.72. The maximum Gasteiger partial charge on any atom is 0.251 e. The number of pyridine rings is 1. The lowest BCUT2D eigenvalue weighted by Gasteiger charge is -2.15. The minimum absolute atomic E-state index is 0.0637. The standard InChI is InChI=1S/C21H22N4O3S/c1-13-5-6-20(24-10-13)16-7-17(9-19(8-16)29(4,27)28)21(26)25-14(2)18-11-22-15(3)23-12-18/h5-12,14H,1-4H3,(H,25,26)/t14-/m1/s1. The van der Waals surface area contributed by atoms with E-state index in [0.29, 0.717) is 17.1 Å². The topological polar surface area (TPSA) is 102 Å². The van der Waals surface area contributed by atoms with Gasteiger partial charge in [0.15, 0.2) is 9.84 Å². The number of nitrogens with zero attached hydrogens (tertiary/aromatic N) is 3. The number of hydrogen-bond acceptors (Lipinski definition) is 6. The summed E-state index contributed by atoms with van der Waals surface area (Å²) in [5, 5.41) is 2.86. The maximum absolute atomic E-state index is 12.8. The van der Waals surface area contributed by atoms with Gasteiger partial charge in [-0.3, -0.25) is 9.78 Å². The molecule has 0 bridgehead atoms. The lowest BCUT2D eigenvalue weighted by molar-refractivity contribution is 0.0939. The molecule has 0 radical (unpaired) electrons. The molecule has 0 unspecified atom stereocenters. The molecule has 150 valence electrons. The molecule has 0 fully saturated rings. The lowest BCUT2D eigenvalue weighted by Crippen LogP contribution is -2.27. The molecule has 1 N–H and O–H groups in total. The molecule has 29 heavy (non-hydrogen) atoms. The Bertz CT molecular complexity index is 1140. The molecule has 0 saturated heterocycles. The van der Waals surface area contributed by atoms with E-state index in [1.165, 1.54) is 12.1 Å². The Labute approximate surface area is 170 Å². The Kier molecular flexibility index (Phi) is 5.74. The highest BCUT2D eigenvalue weighted by Gasteiger charge is 2.18. The van der Waals surface area contributed by atoms with Gasteiger partial charge >= 0.3 is 0 Å². The third kappa shape index (κ3) is 5.03. The van der Waals surface area contributed by atoms with Crippen molar-refractivity contribution in [2.24, 2.45) is 0 Å². The molecule has 7 nitrogen and oxygen atoms in total. The molecule has 0 aliphatic heterocycles. The number of hydrogen-bond donors (Lipinski definition) is 1. The van der Waals surface area contributed by atoms with Gasteiger partial charge in [-0.15, -0.1) is 0 Å². The fourth-order valence-corrected chi connectivity index (χ4v) is 3.40. The number of aromatic nitrogens is 3. The molecule has 0 aliphatic rings. The van der Waals surface area contributed by atoms with Crippen molar-refractivity contribution in [2.45, 2.75) is 31.7 Å². The second kappa shape index (κ2) is 8.08. The van der Waals surface area contributed by atoms with Gasteiger partial charge in [0, 0.05) is 41.5 Å². The molecule has 8 heteroatoms. The number of rotatable bonds is 5. The van der Waals surface area contributed by atoms with Crippen molar-refractivity contribution < 1.29 is 13.2 Å². The zero-order valence-electron chi connectivity index (χ0n) is 16.7. The predicted molar refractivity (Wildman–Crippen MR) is 110 cm³/mol. The maximum atomic E-state index is 12.8. The van der Waals surface area contributed by atoms with Gasteiger partial charge in [-0.25, -0.2) is 18.4 Å². The molecule has 0 spiro atoms. The molecule has 2 heterocycles. The first-order chi connectivity index (χ1) is 13.6. The largest absolute Gasteiger partial charge is 0.345 e. The highest BCUT2D eigenvalue weighted by Crippen LogP contribution is 2.24. The predicted octanol–water partition coefficient (Wildman–Crippen LogP) is 3.05. The van der Waals surface area contributed by atoms with Gasteiger partial charge in [0.1, 0.15) is 5.82 Å². The first-order valence-electron chi connectivity index (χ1n) is 9.01. The van der Waals surface area contributed by atoms with Crippen LogP contribution in [0.2, 0.25) is 0 Å². The molecular weight excluding hydrogens is 388 g/mol. The monoisotopic (exact) mass is 410 g/mol. The van der Waals surface area contributed by atoms with E-state index < -0.39 is 15.7 Å². The van der Waals surface area contributed by atoms with Crippen LogP contribution < -0.4 is 5.32 Å². The molecule has 1 atom stereocenters. The molecular formula is C21H22N4O3S. The minimum atomic E-state index is -3.51. The smallest absolute Gasteiger partial charge is 0.251 e. The average Bonchev–Trinajstić information content (AvgIpc) is 2.68. The van der Waals surface area contributed by atoms with Gasteiger partial charge in [-0.2, -0.15) is 0 Å². The van der Waals surface area contributed by atoms with E-state index in [2.05, 4.69) is 20.3 Å². The highest BCUT2D eigenvalue weighted by atomic mass is 32.2. The van der Waals surface area contributed by atoms with Crippen molar-refractivity contribution in [1.29, 1.82) is 0 Å². The van der Waals surface area contributed by atoms with Crippen LogP contribution in [0.1, 0.15) is 40.3 Å². The number of carbonyl (C=O) groups excluding carboxylic acids is 1. The Morgan fingerprint density at radius 3 is 2.28 bits per heavy atom. The summed E-state index contributed by atoms with van der Waals surface area (Å²) in [5.74, 6) is 0.250. The van der Waals surface area contributed by atoms with Crippen LogP contribution in [0, 0.1) is 13.8 Å². The van der Waals surface area contributed by atoms with E-state index in [-0.39, 0.29) is 16.5 Å². The Balaban J connectivity index is 1.96. The number of carbonyl (C=O) groups is 1. The van der Waals surface area contributed by atoms with Crippen LogP contribution in [0.15, 0.2) is 53.8 Å². The summed E-state index contributed by atoms with van der Waals surface area (Å²) < 4.78 is 24.3. The van der Waals surface area contributed by atoms with Crippen LogP contribution in [0.25, 0.3) is 11.3 Å². The number of benzene rings is 1. The van der Waals surface area contributed by atoms with E-state index in [1.54, 1.807) is 37.6 Å². The van der Waals surface area contributed by atoms with Crippen LogP contribution >= 0.6 is 0 Å². The normalized spacial score (nSPS) is 12.4. The Morgan fingerprint density at radius 2 is 1.69 bits per heavy atom. The highest BCUT2D eigenvalue weighted by molar-refractivity contribution is 7.90. The second-order valence-corrected chi connectivity index (χ2v) is 9.01. The van der Waals surface area contributed by atoms with Crippen molar-refractivity contribution in [1.82, 2.24) is 20.3 Å². The van der Waals surface area contributed by atoms with Crippen LogP contribution in [0.5, 0.6) is 0 Å². The van der Waals surface area contributed by atoms with Gasteiger partial charge in [0.25, 0.3) is 5.91 Å². The average molecular weight is 410 g/mol. The minimum Gasteiger partial charge on any atom is -0.345 e. The molecule has 0 aliphatic carbocycles. The van der Waals surface area contributed by atoms with Crippen LogP contribution in [0.3, 0.4) is 0 Å². The Hall–Kier alpha value is -3.13. The van der Waals surface area contributed by atoms with E-state index in [1.807, 2.05) is 19.9 Å². The van der Waals surface area contributed by atoms with Gasteiger partial charge in [-0.1, -0.05) is 6.07 Å². The number of amides is 1. The first-order valence-corrected chi connectivity index (χ1v) is 10.9. The SMILES string of the molecule is Cc1ccc(-c2cc(C(=O)N[C@H](C)c3cnc(C)nc3)cc(S(C)(=O)=O)c2)nc1. The number of sulfone groups is 1. The van der Waals surface area contributed by atoms with E-state index in [0.717, 1.165) is 17.4 Å². The summed E-state index contributed by atoms with van der Waals surface area (Å²) in [7, 11) is -3.51. The number of aryl methyl sites for hydroxylation is 2. The molecule has 2 aromatic heterocycles. The van der Waals surface area contributed by atoms with Crippen LogP contribution in [-0.4, -0.2) is 35.5 Å². The molecule has 1 amide bonds. The van der Waals surface area contributed by atoms with Crippen molar-refractivity contribution in [3.05, 3.63) is 71.4 Å². The van der Waals surface area contributed by atoms with Crippen LogP contribution in [-0.2, 0) is 9.84 Å². The van der Waals surface area contributed by atoms with Crippen molar-refractivity contribution in [3.8, 4) is 11.3 Å². The lowest BCUT2D eigenvalue weighted by atomic mass is 10.1. The molecule has 0 saturated carbocycles. The summed E-state index contributed by atoms with van der Waals surface area (Å²) in [5.41, 5.74) is 3.13. The zero-order chi connectivity index (χ0) is 21.2. The first kappa shape index (κ1) is 20.6. The summed E-state index contributed by atoms with van der Waals surface area (Å²) >= 11 is 0. The molecule has 3 rings (SSSR count). The number of nitrogens with one attached hydrogen (secondary N) is 1. The quantitative estimate of drug-likeness (QED) is 0.694. The van der Waals surface area contributed by atoms with E-state index >= 15 is 0 Å². The van der Waals surface area contributed by atoms with Gasteiger partial charge in [0.05, 0.1) is 16.6 Å². The van der Waals surface area contributed by atoms with E-state index in [9.17, 15) is 13.2 Å². The molecule has 3 aromatic rings. The summed E-state index contributed by atoms with van der Waals surface area (Å²) in [6, 6.07) is 7.88. The second-order valence-electron chi connectivity index (χ2n) is 7.00. The third-order valence-corrected chi connectivity index (χ3v) is 5.54. The summed E-state index contributed by atoms with van der Waals surface area (Å²) in [6.07, 6.45) is 6.12. The zero-order valence-corrected chi connectivity index (χ0v) is 17.5. The van der Waals surface area contributed by atoms with Crippen molar-refractivity contribution in [3.63, 3.8) is 0 Å². The van der Waals surface area contributed by atoms with Crippen LogP contribution in [0.4, 0.5) is 0 Å². The van der Waals surface area contributed by atoms with Gasteiger partial charge in [0.2, 0.25) is 0 Å².